The number of nitrogens with zero attached hydrogens (tertiary/aromatic N) is 1. The number of rotatable bonds is 7. The van der Waals surface area contributed by atoms with Crippen molar-refractivity contribution in [2.75, 3.05) is 26.1 Å². The minimum atomic E-state index is -0.710. The summed E-state index contributed by atoms with van der Waals surface area (Å²) in [6, 6.07) is 8.22. The summed E-state index contributed by atoms with van der Waals surface area (Å²) in [5.74, 6) is -2.14. The molecule has 0 aliphatic carbocycles. The molecule has 0 radical (unpaired) electrons. The molecule has 0 atom stereocenters. The molecule has 0 heterocycles. The fourth-order valence-electron chi connectivity index (χ4n) is 2.40. The molecule has 1 amide bonds. The molecule has 2 aromatic rings. The van der Waals surface area contributed by atoms with Crippen molar-refractivity contribution in [3.8, 4) is 5.75 Å². The quantitative estimate of drug-likeness (QED) is 0.424. The number of ether oxygens (including phenoxy) is 3. The minimum Gasteiger partial charge on any atom is -0.477 e. The zero-order valence-electron chi connectivity index (χ0n) is 15.9. The number of nitro groups is 1. The molecule has 0 fully saturated rings. The molecule has 2 rings (SSSR count). The topological polar surface area (TPSA) is 134 Å². The summed E-state index contributed by atoms with van der Waals surface area (Å²) < 4.78 is 14.5. The van der Waals surface area contributed by atoms with E-state index in [0.29, 0.717) is 5.56 Å². The number of methoxy groups -OCH3 is 2. The smallest absolute Gasteiger partial charge is 0.337 e. The van der Waals surface area contributed by atoms with Gasteiger partial charge in [0.25, 0.3) is 5.91 Å². The third kappa shape index (κ3) is 5.51. The average molecular weight is 402 g/mol. The van der Waals surface area contributed by atoms with E-state index in [1.54, 1.807) is 13.0 Å². The standard InChI is InChI=1S/C19H18N2O8/c1-11-4-5-16(15(6-11)21(25)26)29-10-17(22)20-14-8-12(18(23)27-2)7-13(9-14)19(24)28-3/h4-9H,10H2,1-3H3,(H,20,22). The predicted molar refractivity (Wildman–Crippen MR) is 101 cm³/mol. The second kappa shape index (κ2) is 9.31. The molecule has 0 saturated carbocycles. The maximum absolute atomic E-state index is 12.2. The van der Waals surface area contributed by atoms with Crippen molar-refractivity contribution in [3.63, 3.8) is 0 Å². The van der Waals surface area contributed by atoms with Crippen LogP contribution in [0.4, 0.5) is 11.4 Å². The van der Waals surface area contributed by atoms with E-state index in [1.165, 1.54) is 44.6 Å². The lowest BCUT2D eigenvalue weighted by Crippen LogP contribution is -2.21. The van der Waals surface area contributed by atoms with Crippen molar-refractivity contribution in [3.05, 3.63) is 63.2 Å². The Kier molecular flexibility index (Phi) is 6.85. The monoisotopic (exact) mass is 402 g/mol. The third-order valence-electron chi connectivity index (χ3n) is 3.73. The molecule has 0 unspecified atom stereocenters. The van der Waals surface area contributed by atoms with Gasteiger partial charge in [0.15, 0.2) is 12.4 Å². The largest absolute Gasteiger partial charge is 0.477 e. The number of amides is 1. The third-order valence-corrected chi connectivity index (χ3v) is 3.73. The SMILES string of the molecule is COC(=O)c1cc(NC(=O)COc2ccc(C)cc2[N+](=O)[O-])cc(C(=O)OC)c1. The number of nitrogens with one attached hydrogen (secondary N) is 1. The van der Waals surface area contributed by atoms with E-state index in [0.717, 1.165) is 0 Å². The number of aryl methyl sites for hydroxylation is 1. The average Bonchev–Trinajstić information content (AvgIpc) is 2.71. The summed E-state index contributed by atoms with van der Waals surface area (Å²) in [7, 11) is 2.35. The zero-order chi connectivity index (χ0) is 21.6. The highest BCUT2D eigenvalue weighted by Gasteiger charge is 2.18. The lowest BCUT2D eigenvalue weighted by Gasteiger charge is -2.10. The van der Waals surface area contributed by atoms with Crippen LogP contribution in [0.3, 0.4) is 0 Å². The Bertz CT molecular complexity index is 936. The Balaban J connectivity index is 2.17. The van der Waals surface area contributed by atoms with Gasteiger partial charge in [0.2, 0.25) is 0 Å². The molecule has 0 aromatic heterocycles. The van der Waals surface area contributed by atoms with Gasteiger partial charge in [0.05, 0.1) is 30.3 Å². The predicted octanol–water partition coefficient (Wildman–Crippen LogP) is 2.49. The molecule has 2 aromatic carbocycles. The van der Waals surface area contributed by atoms with Crippen LogP contribution in [0.2, 0.25) is 0 Å². The molecule has 152 valence electrons. The molecule has 0 bridgehead atoms. The fraction of sp³-hybridized carbons (Fsp3) is 0.211. The van der Waals surface area contributed by atoms with Crippen LogP contribution >= 0.6 is 0 Å². The maximum Gasteiger partial charge on any atom is 0.337 e. The van der Waals surface area contributed by atoms with Gasteiger partial charge in [-0.1, -0.05) is 6.07 Å². The van der Waals surface area contributed by atoms with Crippen molar-refractivity contribution >= 4 is 29.2 Å². The second-order valence-corrected chi connectivity index (χ2v) is 5.85. The first kappa shape index (κ1) is 21.4. The number of esters is 2. The first-order valence-corrected chi connectivity index (χ1v) is 8.24. The first-order valence-electron chi connectivity index (χ1n) is 8.24. The van der Waals surface area contributed by atoms with Crippen molar-refractivity contribution in [2.45, 2.75) is 6.92 Å². The van der Waals surface area contributed by atoms with E-state index in [2.05, 4.69) is 14.8 Å². The molecule has 0 spiro atoms. The van der Waals surface area contributed by atoms with Gasteiger partial charge in [0, 0.05) is 11.8 Å². The van der Waals surface area contributed by atoms with Crippen molar-refractivity contribution < 1.29 is 33.5 Å². The molecule has 1 N–H and O–H groups in total. The van der Waals surface area contributed by atoms with Crippen LogP contribution in [0.5, 0.6) is 5.75 Å². The van der Waals surface area contributed by atoms with Gasteiger partial charge in [-0.3, -0.25) is 14.9 Å². The molecule has 0 aliphatic rings. The summed E-state index contributed by atoms with van der Waals surface area (Å²) in [5, 5.41) is 13.6. The number of hydrogen-bond acceptors (Lipinski definition) is 8. The number of benzene rings is 2. The molecule has 10 heteroatoms. The van der Waals surface area contributed by atoms with Crippen molar-refractivity contribution in [2.24, 2.45) is 0 Å². The number of carbonyl (C=O) groups excluding carboxylic acids is 3. The normalized spacial score (nSPS) is 10.0. The van der Waals surface area contributed by atoms with Crippen LogP contribution in [-0.4, -0.2) is 43.6 Å². The summed E-state index contributed by atoms with van der Waals surface area (Å²) in [6.07, 6.45) is 0. The van der Waals surface area contributed by atoms with Crippen LogP contribution in [0.1, 0.15) is 26.3 Å². The van der Waals surface area contributed by atoms with E-state index in [1.807, 2.05) is 0 Å². The Labute approximate surface area is 165 Å². The van der Waals surface area contributed by atoms with Gasteiger partial charge in [-0.05, 0) is 36.8 Å². The van der Waals surface area contributed by atoms with Gasteiger partial charge in [0.1, 0.15) is 0 Å². The van der Waals surface area contributed by atoms with Gasteiger partial charge in [-0.25, -0.2) is 9.59 Å². The van der Waals surface area contributed by atoms with Crippen LogP contribution < -0.4 is 10.1 Å². The Hall–Kier alpha value is -3.95. The lowest BCUT2D eigenvalue weighted by molar-refractivity contribution is -0.385. The highest BCUT2D eigenvalue weighted by atomic mass is 16.6. The zero-order valence-corrected chi connectivity index (χ0v) is 15.9. The molecule has 29 heavy (non-hydrogen) atoms. The number of hydrogen-bond donors (Lipinski definition) is 1. The molecular weight excluding hydrogens is 384 g/mol. The molecular formula is C19H18N2O8. The second-order valence-electron chi connectivity index (χ2n) is 5.85. The molecule has 0 aliphatic heterocycles. The lowest BCUT2D eigenvalue weighted by atomic mass is 10.1. The van der Waals surface area contributed by atoms with Crippen LogP contribution in [0.15, 0.2) is 36.4 Å². The van der Waals surface area contributed by atoms with Gasteiger partial charge >= 0.3 is 17.6 Å². The summed E-state index contributed by atoms with van der Waals surface area (Å²) >= 11 is 0. The van der Waals surface area contributed by atoms with Crippen molar-refractivity contribution in [1.82, 2.24) is 0 Å². The van der Waals surface area contributed by atoms with E-state index < -0.39 is 29.4 Å². The van der Waals surface area contributed by atoms with Crippen LogP contribution in [0, 0.1) is 17.0 Å². The Morgan fingerprint density at radius 3 is 2.10 bits per heavy atom. The number of anilines is 1. The molecule has 10 nitrogen and oxygen atoms in total. The Morgan fingerprint density at radius 1 is 1.00 bits per heavy atom. The highest BCUT2D eigenvalue weighted by Crippen LogP contribution is 2.27. The van der Waals surface area contributed by atoms with Crippen LogP contribution in [-0.2, 0) is 14.3 Å². The summed E-state index contributed by atoms with van der Waals surface area (Å²) in [6.45, 7) is 1.16. The number of carbonyl (C=O) groups is 3. The number of nitro benzene ring substituents is 1. The highest BCUT2D eigenvalue weighted by molar-refractivity contribution is 5.99. The van der Waals surface area contributed by atoms with E-state index in [-0.39, 0.29) is 28.3 Å². The fourth-order valence-corrected chi connectivity index (χ4v) is 2.40. The van der Waals surface area contributed by atoms with Gasteiger partial charge < -0.3 is 19.5 Å². The minimum absolute atomic E-state index is 0.0285. The van der Waals surface area contributed by atoms with E-state index in [9.17, 15) is 24.5 Å². The summed E-state index contributed by atoms with van der Waals surface area (Å²) in [4.78, 5) is 46.3. The molecule has 0 saturated heterocycles. The summed E-state index contributed by atoms with van der Waals surface area (Å²) in [5.41, 5.74) is 0.587. The maximum atomic E-state index is 12.2. The van der Waals surface area contributed by atoms with E-state index in [4.69, 9.17) is 4.74 Å². The Morgan fingerprint density at radius 2 is 1.59 bits per heavy atom. The van der Waals surface area contributed by atoms with Gasteiger partial charge in [-0.15, -0.1) is 0 Å². The van der Waals surface area contributed by atoms with Gasteiger partial charge in [-0.2, -0.15) is 0 Å². The first-order chi connectivity index (χ1) is 13.7. The van der Waals surface area contributed by atoms with E-state index >= 15 is 0 Å². The van der Waals surface area contributed by atoms with Crippen LogP contribution in [0.25, 0.3) is 0 Å². The van der Waals surface area contributed by atoms with Crippen molar-refractivity contribution in [1.29, 1.82) is 0 Å².